The average Bonchev–Trinajstić information content (AvgIpc) is 3.20. The lowest BCUT2D eigenvalue weighted by atomic mass is 9.98. The third-order valence-electron chi connectivity index (χ3n) is 5.69. The van der Waals surface area contributed by atoms with Gasteiger partial charge in [-0.05, 0) is 47.9 Å². The van der Waals surface area contributed by atoms with Gasteiger partial charge in [-0.15, -0.1) is 0 Å². The standard InChI is InChI=1S/C26H19ClFN3O2/c27-18-7-3-5-16(15-18)11-12-22(32)29-25-26(33)31-14-13-17-6-4-9-20(24(17)31)23(30-25)19-8-1-2-10-21(19)28/h1-12,15,25H,13-14H2,(H,29,32). The molecule has 3 aromatic carbocycles. The summed E-state index contributed by atoms with van der Waals surface area (Å²) in [5.74, 6) is -1.29. The molecule has 164 valence electrons. The normalized spacial score (nSPS) is 17.0. The van der Waals surface area contributed by atoms with Crippen molar-refractivity contribution in [1.29, 1.82) is 0 Å². The van der Waals surface area contributed by atoms with Gasteiger partial charge in [-0.2, -0.15) is 0 Å². The molecule has 0 spiro atoms. The minimum absolute atomic E-state index is 0.279. The molecular formula is C26H19ClFN3O2. The summed E-state index contributed by atoms with van der Waals surface area (Å²) in [7, 11) is 0. The van der Waals surface area contributed by atoms with Crippen LogP contribution in [0.4, 0.5) is 10.1 Å². The van der Waals surface area contributed by atoms with E-state index in [-0.39, 0.29) is 11.5 Å². The molecule has 2 aliphatic rings. The number of aliphatic imine (C=N–C) groups is 1. The quantitative estimate of drug-likeness (QED) is 0.589. The van der Waals surface area contributed by atoms with Gasteiger partial charge >= 0.3 is 0 Å². The fraction of sp³-hybridized carbons (Fsp3) is 0.115. The topological polar surface area (TPSA) is 61.8 Å². The van der Waals surface area contributed by atoms with Crippen LogP contribution in [0.25, 0.3) is 6.08 Å². The Morgan fingerprint density at radius 3 is 2.70 bits per heavy atom. The van der Waals surface area contributed by atoms with Crippen LogP contribution in [0.3, 0.4) is 0 Å². The molecule has 2 heterocycles. The molecule has 33 heavy (non-hydrogen) atoms. The number of carbonyl (C=O) groups is 2. The van der Waals surface area contributed by atoms with Gasteiger partial charge in [-0.3, -0.25) is 9.59 Å². The van der Waals surface area contributed by atoms with Gasteiger partial charge in [-0.1, -0.05) is 54.1 Å². The molecule has 0 aliphatic carbocycles. The largest absolute Gasteiger partial charge is 0.323 e. The summed E-state index contributed by atoms with van der Waals surface area (Å²) < 4.78 is 14.8. The molecule has 5 rings (SSSR count). The average molecular weight is 460 g/mol. The van der Waals surface area contributed by atoms with Crippen LogP contribution < -0.4 is 10.2 Å². The monoisotopic (exact) mass is 459 g/mol. The first-order valence-electron chi connectivity index (χ1n) is 10.5. The van der Waals surface area contributed by atoms with Crippen molar-refractivity contribution in [3.8, 4) is 0 Å². The first-order valence-corrected chi connectivity index (χ1v) is 10.9. The van der Waals surface area contributed by atoms with E-state index in [4.69, 9.17) is 11.6 Å². The minimum Gasteiger partial charge on any atom is -0.323 e. The SMILES string of the molecule is O=C(C=Cc1cccc(Cl)c1)NC1N=C(c2ccccc2F)c2cccc3c2N(CC3)C1=O. The highest BCUT2D eigenvalue weighted by Crippen LogP contribution is 2.36. The summed E-state index contributed by atoms with van der Waals surface area (Å²) in [6.07, 6.45) is 2.43. The Balaban J connectivity index is 1.53. The number of nitrogens with one attached hydrogen (secondary N) is 1. The van der Waals surface area contributed by atoms with Gasteiger partial charge in [-0.25, -0.2) is 9.38 Å². The van der Waals surface area contributed by atoms with E-state index in [1.54, 1.807) is 47.4 Å². The smallest absolute Gasteiger partial charge is 0.272 e. The number of rotatable bonds is 4. The summed E-state index contributed by atoms with van der Waals surface area (Å²) >= 11 is 5.99. The number of nitrogens with zero attached hydrogens (tertiary/aromatic N) is 2. The van der Waals surface area contributed by atoms with Crippen molar-refractivity contribution in [3.05, 3.63) is 106 Å². The molecule has 7 heteroatoms. The molecule has 2 amide bonds. The molecule has 0 aromatic heterocycles. The van der Waals surface area contributed by atoms with Gasteiger partial charge in [0.15, 0.2) is 0 Å². The Labute approximate surface area is 195 Å². The summed E-state index contributed by atoms with van der Waals surface area (Å²) in [5, 5.41) is 3.23. The molecule has 0 fully saturated rings. The van der Waals surface area contributed by atoms with Crippen molar-refractivity contribution < 1.29 is 14.0 Å². The lowest BCUT2D eigenvalue weighted by Gasteiger charge is -2.20. The van der Waals surface area contributed by atoms with E-state index in [0.717, 1.165) is 16.8 Å². The zero-order valence-corrected chi connectivity index (χ0v) is 18.2. The van der Waals surface area contributed by atoms with Gasteiger partial charge in [0, 0.05) is 28.8 Å². The predicted octanol–water partition coefficient (Wildman–Crippen LogP) is 4.37. The van der Waals surface area contributed by atoms with Crippen LogP contribution >= 0.6 is 11.6 Å². The molecule has 0 radical (unpaired) electrons. The number of halogens is 2. The maximum atomic E-state index is 14.8. The van der Waals surface area contributed by atoms with E-state index < -0.39 is 17.9 Å². The van der Waals surface area contributed by atoms with Crippen molar-refractivity contribution in [2.75, 3.05) is 11.4 Å². The van der Waals surface area contributed by atoms with E-state index in [1.165, 1.54) is 12.1 Å². The van der Waals surface area contributed by atoms with Gasteiger partial charge < -0.3 is 10.2 Å². The zero-order chi connectivity index (χ0) is 22.9. The predicted molar refractivity (Wildman–Crippen MR) is 127 cm³/mol. The molecular weight excluding hydrogens is 441 g/mol. The number of amides is 2. The third-order valence-corrected chi connectivity index (χ3v) is 5.93. The van der Waals surface area contributed by atoms with Crippen LogP contribution in [0.5, 0.6) is 0 Å². The van der Waals surface area contributed by atoms with Gasteiger partial charge in [0.25, 0.3) is 5.91 Å². The second-order valence-corrected chi connectivity index (χ2v) is 8.25. The van der Waals surface area contributed by atoms with Gasteiger partial charge in [0.1, 0.15) is 5.82 Å². The second-order valence-electron chi connectivity index (χ2n) is 7.81. The minimum atomic E-state index is -1.19. The molecule has 0 bridgehead atoms. The number of benzene rings is 3. The van der Waals surface area contributed by atoms with Gasteiger partial charge in [0.05, 0.1) is 11.4 Å². The number of hydrogen-bond acceptors (Lipinski definition) is 3. The first kappa shape index (κ1) is 21.1. The van der Waals surface area contributed by atoms with E-state index in [1.807, 2.05) is 24.3 Å². The van der Waals surface area contributed by atoms with Crippen molar-refractivity contribution in [1.82, 2.24) is 5.32 Å². The van der Waals surface area contributed by atoms with Crippen molar-refractivity contribution >= 4 is 40.9 Å². The summed E-state index contributed by atoms with van der Waals surface area (Å²) in [6.45, 7) is 0.482. The van der Waals surface area contributed by atoms with Crippen LogP contribution in [0.2, 0.25) is 5.02 Å². The Morgan fingerprint density at radius 1 is 1.09 bits per heavy atom. The molecule has 5 nitrogen and oxygen atoms in total. The summed E-state index contributed by atoms with van der Waals surface area (Å²) in [5.41, 5.74) is 3.77. The van der Waals surface area contributed by atoms with Crippen LogP contribution in [0.1, 0.15) is 22.3 Å². The first-order chi connectivity index (χ1) is 16.0. The Morgan fingerprint density at radius 2 is 1.88 bits per heavy atom. The zero-order valence-electron chi connectivity index (χ0n) is 17.5. The Kier molecular flexibility index (Phi) is 5.52. The Hall–Kier alpha value is -3.77. The molecule has 0 saturated carbocycles. The summed E-state index contributed by atoms with van der Waals surface area (Å²) in [4.78, 5) is 32.2. The fourth-order valence-electron chi connectivity index (χ4n) is 4.20. The van der Waals surface area contributed by atoms with Crippen LogP contribution in [-0.4, -0.2) is 30.2 Å². The van der Waals surface area contributed by atoms with Crippen LogP contribution in [-0.2, 0) is 16.0 Å². The molecule has 1 atom stereocenters. The van der Waals surface area contributed by atoms with E-state index in [0.29, 0.717) is 29.3 Å². The summed E-state index contributed by atoms with van der Waals surface area (Å²) in [6, 6.07) is 19.0. The molecule has 1 unspecified atom stereocenters. The number of carbonyl (C=O) groups excluding carboxylic acids is 2. The van der Waals surface area contributed by atoms with Crippen molar-refractivity contribution in [2.24, 2.45) is 4.99 Å². The molecule has 1 N–H and O–H groups in total. The highest BCUT2D eigenvalue weighted by molar-refractivity contribution is 6.30. The lowest BCUT2D eigenvalue weighted by molar-refractivity contribution is -0.125. The van der Waals surface area contributed by atoms with E-state index in [9.17, 15) is 14.0 Å². The highest BCUT2D eigenvalue weighted by atomic mass is 35.5. The number of anilines is 1. The van der Waals surface area contributed by atoms with Crippen molar-refractivity contribution in [2.45, 2.75) is 12.6 Å². The third kappa shape index (κ3) is 4.05. The second kappa shape index (κ2) is 8.64. The number of hydrogen-bond donors (Lipinski definition) is 1. The van der Waals surface area contributed by atoms with E-state index >= 15 is 0 Å². The van der Waals surface area contributed by atoms with E-state index in [2.05, 4.69) is 10.3 Å². The maximum absolute atomic E-state index is 14.8. The van der Waals surface area contributed by atoms with Gasteiger partial charge in [0.2, 0.25) is 12.1 Å². The fourth-order valence-corrected chi connectivity index (χ4v) is 4.39. The van der Waals surface area contributed by atoms with Crippen LogP contribution in [0.15, 0.2) is 77.8 Å². The molecule has 2 aliphatic heterocycles. The highest BCUT2D eigenvalue weighted by Gasteiger charge is 2.37. The lowest BCUT2D eigenvalue weighted by Crippen LogP contribution is -2.46. The molecule has 3 aromatic rings. The maximum Gasteiger partial charge on any atom is 0.272 e. The number of para-hydroxylation sites is 1. The molecule has 0 saturated heterocycles. The van der Waals surface area contributed by atoms with Crippen molar-refractivity contribution in [3.63, 3.8) is 0 Å². The Bertz CT molecular complexity index is 1330. The van der Waals surface area contributed by atoms with Crippen LogP contribution in [0, 0.1) is 5.82 Å².